The summed E-state index contributed by atoms with van der Waals surface area (Å²) in [5, 5.41) is 28.9. The van der Waals surface area contributed by atoms with Crippen molar-refractivity contribution in [2.45, 2.75) is 30.4 Å². The maximum absolute atomic E-state index is 11.6. The zero-order chi connectivity index (χ0) is 15.9. The standard InChI is InChI=1S/C9H13N2O9P.2K.2H/c12-3-1-2-11(9(16)10-3)7-5(14)4(13)6(20-7)8(15)21(17,18)19;;;;/h1-2,4-8,13-15H,(H,10,12,16)(H2,17,18,19);;;;/q;2*+1;2*-1/t4-,5+,6-,7+,8+;;;;/m0..../s1. The Hall–Kier alpha value is 1.94. The van der Waals surface area contributed by atoms with Crippen LogP contribution >= 0.6 is 7.60 Å². The second-order valence-electron chi connectivity index (χ2n) is 4.49. The Bertz CT molecular complexity index is 698. The van der Waals surface area contributed by atoms with Crippen molar-refractivity contribution >= 4 is 7.60 Å². The summed E-state index contributed by atoms with van der Waals surface area (Å²) in [6.07, 6.45) is -5.91. The average molecular weight is 404 g/mol. The van der Waals surface area contributed by atoms with Crippen LogP contribution in [0.3, 0.4) is 0 Å². The predicted octanol–water partition coefficient (Wildman–Crippen LogP) is -9.12. The van der Waals surface area contributed by atoms with Crippen molar-refractivity contribution in [2.75, 3.05) is 0 Å². The molecule has 14 heteroatoms. The van der Waals surface area contributed by atoms with Crippen molar-refractivity contribution < 1.29 is 140 Å². The number of aliphatic hydroxyl groups excluding tert-OH is 3. The van der Waals surface area contributed by atoms with E-state index in [0.717, 1.165) is 16.8 Å². The molecule has 6 N–H and O–H groups in total. The fourth-order valence-electron chi connectivity index (χ4n) is 1.98. The molecule has 0 bridgehead atoms. The minimum Gasteiger partial charge on any atom is -1.00 e. The molecule has 11 nitrogen and oxygen atoms in total. The van der Waals surface area contributed by atoms with Crippen molar-refractivity contribution in [1.29, 1.82) is 0 Å². The zero-order valence-corrected chi connectivity index (χ0v) is 19.4. The molecule has 1 aromatic rings. The molecule has 5 atom stereocenters. The Morgan fingerprint density at radius 3 is 2.30 bits per heavy atom. The average Bonchev–Trinajstić information content (AvgIpc) is 2.65. The van der Waals surface area contributed by atoms with Gasteiger partial charge in [-0.1, -0.05) is 0 Å². The Morgan fingerprint density at radius 1 is 1.26 bits per heavy atom. The third-order valence-electron chi connectivity index (χ3n) is 3.04. The van der Waals surface area contributed by atoms with Gasteiger partial charge in [0.25, 0.3) is 5.56 Å². The summed E-state index contributed by atoms with van der Waals surface area (Å²) in [7, 11) is -4.99. The molecule has 1 aliphatic rings. The van der Waals surface area contributed by atoms with Crippen LogP contribution in [0.15, 0.2) is 21.9 Å². The van der Waals surface area contributed by atoms with E-state index in [2.05, 4.69) is 0 Å². The number of H-pyrrole nitrogens is 1. The van der Waals surface area contributed by atoms with E-state index < -0.39 is 49.2 Å². The Labute approximate surface area is 217 Å². The van der Waals surface area contributed by atoms with Crippen molar-refractivity contribution in [3.8, 4) is 0 Å². The molecule has 0 aromatic carbocycles. The van der Waals surface area contributed by atoms with Gasteiger partial charge in [0.2, 0.25) is 0 Å². The summed E-state index contributed by atoms with van der Waals surface area (Å²) >= 11 is 0. The monoisotopic (exact) mass is 404 g/mol. The van der Waals surface area contributed by atoms with Crippen LogP contribution in [0.25, 0.3) is 0 Å². The van der Waals surface area contributed by atoms with Gasteiger partial charge in [0.1, 0.15) is 18.3 Å². The molecule has 0 aliphatic carbocycles. The third kappa shape index (κ3) is 5.71. The molecular weight excluding hydrogens is 389 g/mol. The van der Waals surface area contributed by atoms with E-state index in [-0.39, 0.29) is 106 Å². The largest absolute Gasteiger partial charge is 1.00 e. The van der Waals surface area contributed by atoms with Crippen LogP contribution in [0.5, 0.6) is 0 Å². The first-order valence-corrected chi connectivity index (χ1v) is 7.37. The SMILES string of the molecule is O=c1ccn([C@@H]2O[C@H]([C@H](O)P(=O)(O)O)[C@@H](O)[C@H]2O)c(=O)[nH]1.[H-].[H-].[K+].[K+]. The van der Waals surface area contributed by atoms with E-state index in [0.29, 0.717) is 0 Å². The van der Waals surface area contributed by atoms with Gasteiger partial charge in [0, 0.05) is 12.3 Å². The normalized spacial score (nSPS) is 28.6. The molecule has 0 saturated carbocycles. The number of ether oxygens (including phenoxy) is 1. The molecular formula is C9H15K2N2O9P. The van der Waals surface area contributed by atoms with Crippen molar-refractivity contribution in [3.63, 3.8) is 0 Å². The number of hydrogen-bond donors (Lipinski definition) is 6. The van der Waals surface area contributed by atoms with Crippen LogP contribution in [0, 0.1) is 0 Å². The molecule has 1 fully saturated rings. The first-order chi connectivity index (χ1) is 9.62. The number of hydrogen-bond acceptors (Lipinski definition) is 7. The molecule has 1 aliphatic heterocycles. The first-order valence-electron chi connectivity index (χ1n) is 5.69. The summed E-state index contributed by atoms with van der Waals surface area (Å²) in [4.78, 5) is 42.1. The number of nitrogens with zero attached hydrogens (tertiary/aromatic N) is 1. The van der Waals surface area contributed by atoms with Crippen molar-refractivity contribution in [2.24, 2.45) is 0 Å². The molecule has 122 valence electrons. The molecule has 0 radical (unpaired) electrons. The first kappa shape index (κ1) is 24.9. The van der Waals surface area contributed by atoms with Crippen LogP contribution in [-0.2, 0) is 9.30 Å². The second-order valence-corrected chi connectivity index (χ2v) is 6.20. The van der Waals surface area contributed by atoms with Gasteiger partial charge in [-0.25, -0.2) is 4.79 Å². The predicted molar refractivity (Wildman–Crippen MR) is 67.5 cm³/mol. The van der Waals surface area contributed by atoms with Crippen molar-refractivity contribution in [3.05, 3.63) is 33.1 Å². The minimum atomic E-state index is -4.99. The Morgan fingerprint density at radius 2 is 1.83 bits per heavy atom. The summed E-state index contributed by atoms with van der Waals surface area (Å²) < 4.78 is 16.7. The van der Waals surface area contributed by atoms with Crippen LogP contribution < -0.4 is 114 Å². The molecule has 2 rings (SSSR count). The number of aromatic nitrogens is 2. The van der Waals surface area contributed by atoms with E-state index in [9.17, 15) is 29.5 Å². The van der Waals surface area contributed by atoms with Gasteiger partial charge in [-0.05, 0) is 0 Å². The van der Waals surface area contributed by atoms with Gasteiger partial charge < -0.3 is 32.7 Å². The smallest absolute Gasteiger partial charge is 1.00 e. The Kier molecular flexibility index (Phi) is 10.6. The Balaban J connectivity index is -0.00000121. The van der Waals surface area contributed by atoms with Gasteiger partial charge >= 0.3 is 116 Å². The van der Waals surface area contributed by atoms with Crippen molar-refractivity contribution in [1.82, 2.24) is 9.55 Å². The second kappa shape index (κ2) is 9.76. The quantitative estimate of drug-likeness (QED) is 0.210. The summed E-state index contributed by atoms with van der Waals surface area (Å²) in [6, 6.07) is 0.955. The van der Waals surface area contributed by atoms with E-state index in [1.54, 1.807) is 0 Å². The summed E-state index contributed by atoms with van der Waals surface area (Å²) in [5.41, 5.74) is -1.65. The molecule has 0 unspecified atom stereocenters. The van der Waals surface area contributed by atoms with E-state index in [4.69, 9.17) is 14.5 Å². The third-order valence-corrected chi connectivity index (χ3v) is 4.02. The number of nitrogens with one attached hydrogen (secondary N) is 1. The van der Waals surface area contributed by atoms with Gasteiger partial charge in [0.15, 0.2) is 12.1 Å². The number of aliphatic hydroxyl groups is 3. The molecule has 23 heavy (non-hydrogen) atoms. The van der Waals surface area contributed by atoms with Gasteiger partial charge in [-0.3, -0.25) is 18.9 Å². The molecule has 0 spiro atoms. The van der Waals surface area contributed by atoms with Gasteiger partial charge in [-0.2, -0.15) is 0 Å². The van der Waals surface area contributed by atoms with E-state index in [1.807, 2.05) is 4.98 Å². The van der Waals surface area contributed by atoms with Crippen LogP contribution in [0.1, 0.15) is 9.08 Å². The maximum atomic E-state index is 11.6. The number of rotatable bonds is 3. The number of aromatic amines is 1. The maximum Gasteiger partial charge on any atom is 1.00 e. The van der Waals surface area contributed by atoms with E-state index >= 15 is 0 Å². The molecule has 0 amide bonds. The molecule has 2 heterocycles. The van der Waals surface area contributed by atoms with E-state index in [1.165, 1.54) is 0 Å². The van der Waals surface area contributed by atoms with Gasteiger partial charge in [0.05, 0.1) is 0 Å². The summed E-state index contributed by atoms with van der Waals surface area (Å²) in [6.45, 7) is 0. The fraction of sp³-hybridized carbons (Fsp3) is 0.556. The van der Waals surface area contributed by atoms with Crippen LogP contribution in [-0.4, -0.2) is 58.8 Å². The fourth-order valence-corrected chi connectivity index (χ4v) is 2.61. The zero-order valence-electron chi connectivity index (χ0n) is 14.3. The molecule has 1 aromatic heterocycles. The van der Waals surface area contributed by atoms with Crippen LogP contribution in [0.4, 0.5) is 0 Å². The topological polar surface area (TPSA) is 182 Å². The molecule has 1 saturated heterocycles. The van der Waals surface area contributed by atoms with Crippen LogP contribution in [0.2, 0.25) is 0 Å². The van der Waals surface area contributed by atoms with Gasteiger partial charge in [-0.15, -0.1) is 0 Å². The summed E-state index contributed by atoms with van der Waals surface area (Å²) in [5.74, 6) is -2.37. The minimum absolute atomic E-state index is 0.